The Labute approximate surface area is 221 Å². The number of aromatic nitrogens is 1. The minimum Gasteiger partial charge on any atom is -0.353 e. The van der Waals surface area contributed by atoms with Crippen molar-refractivity contribution in [2.24, 2.45) is 11.1 Å². The smallest absolute Gasteiger partial charge is 0.319 e. The molecule has 200 valence electrons. The number of primary amides is 1. The summed E-state index contributed by atoms with van der Waals surface area (Å²) >= 11 is 0. The number of carbonyl (C=O) groups excluding carboxylic acids is 2. The Bertz CT molecular complexity index is 1100. The summed E-state index contributed by atoms with van der Waals surface area (Å²) < 4.78 is 0. The van der Waals surface area contributed by atoms with E-state index < -0.39 is 6.03 Å². The van der Waals surface area contributed by atoms with Gasteiger partial charge in [0.25, 0.3) is 0 Å². The van der Waals surface area contributed by atoms with Gasteiger partial charge in [0.1, 0.15) is 5.82 Å². The molecule has 2 heterocycles. The Hall–Kier alpha value is -3.13. The molecular weight excluding hydrogens is 464 g/mol. The van der Waals surface area contributed by atoms with Crippen molar-refractivity contribution in [1.82, 2.24) is 14.8 Å². The standard InChI is InChI=1S/C29H42N6O2/c1-22-19-26(34-17-15-33(16-18-34)23(2)36)31-20-25(22)35(27(30)37)21-28(3)11-13-29(14-12-28,32(4)5)24-9-7-6-8-10-24/h6-10,19-20H,11-18,21H2,1-5H3,(H2,30,37). The van der Waals surface area contributed by atoms with Gasteiger partial charge in [-0.25, -0.2) is 9.78 Å². The Morgan fingerprint density at radius 2 is 1.65 bits per heavy atom. The molecule has 4 rings (SSSR count). The lowest BCUT2D eigenvalue weighted by Crippen LogP contribution is -2.50. The molecular formula is C29H42N6O2. The molecule has 0 spiro atoms. The van der Waals surface area contributed by atoms with Crippen LogP contribution in [0.5, 0.6) is 0 Å². The predicted molar refractivity (Wildman–Crippen MR) is 149 cm³/mol. The summed E-state index contributed by atoms with van der Waals surface area (Å²) in [5, 5.41) is 0. The number of hydrogen-bond acceptors (Lipinski definition) is 5. The monoisotopic (exact) mass is 506 g/mol. The Kier molecular flexibility index (Phi) is 7.78. The van der Waals surface area contributed by atoms with Gasteiger partial charge in [-0.1, -0.05) is 37.3 Å². The molecule has 1 aromatic heterocycles. The summed E-state index contributed by atoms with van der Waals surface area (Å²) in [5.41, 5.74) is 9.00. The van der Waals surface area contributed by atoms with E-state index in [-0.39, 0.29) is 16.9 Å². The minimum absolute atomic E-state index is 0.00382. The maximum Gasteiger partial charge on any atom is 0.319 e. The van der Waals surface area contributed by atoms with Crippen LogP contribution in [0.4, 0.5) is 16.3 Å². The fourth-order valence-corrected chi connectivity index (χ4v) is 6.07. The second kappa shape index (κ2) is 10.7. The zero-order valence-corrected chi connectivity index (χ0v) is 23.0. The summed E-state index contributed by atoms with van der Waals surface area (Å²) in [7, 11) is 4.34. The van der Waals surface area contributed by atoms with E-state index in [9.17, 15) is 9.59 Å². The van der Waals surface area contributed by atoms with Gasteiger partial charge >= 0.3 is 6.03 Å². The van der Waals surface area contributed by atoms with E-state index in [0.29, 0.717) is 19.6 Å². The average molecular weight is 507 g/mol. The van der Waals surface area contributed by atoms with Gasteiger partial charge in [0.2, 0.25) is 5.91 Å². The fourth-order valence-electron chi connectivity index (χ4n) is 6.07. The molecule has 2 N–H and O–H groups in total. The van der Waals surface area contributed by atoms with Crippen LogP contribution in [0.2, 0.25) is 0 Å². The van der Waals surface area contributed by atoms with Gasteiger partial charge in [-0.3, -0.25) is 14.6 Å². The molecule has 8 nitrogen and oxygen atoms in total. The Morgan fingerprint density at radius 3 is 2.16 bits per heavy atom. The number of aryl methyl sites for hydroxylation is 1. The van der Waals surface area contributed by atoms with Gasteiger partial charge in [-0.05, 0) is 69.3 Å². The first-order chi connectivity index (χ1) is 17.5. The molecule has 0 unspecified atom stereocenters. The topological polar surface area (TPSA) is 86.0 Å². The summed E-state index contributed by atoms with van der Waals surface area (Å²) in [5.74, 6) is 0.982. The molecule has 2 fully saturated rings. The third-order valence-corrected chi connectivity index (χ3v) is 8.67. The van der Waals surface area contributed by atoms with Gasteiger partial charge < -0.3 is 15.5 Å². The molecule has 0 atom stereocenters. The molecule has 2 aromatic rings. The van der Waals surface area contributed by atoms with E-state index in [4.69, 9.17) is 10.7 Å². The van der Waals surface area contributed by atoms with Crippen molar-refractivity contribution in [2.45, 2.75) is 52.0 Å². The second-order valence-corrected chi connectivity index (χ2v) is 11.3. The highest BCUT2D eigenvalue weighted by molar-refractivity contribution is 5.91. The molecule has 37 heavy (non-hydrogen) atoms. The van der Waals surface area contributed by atoms with Gasteiger partial charge in [-0.15, -0.1) is 0 Å². The van der Waals surface area contributed by atoms with Crippen LogP contribution in [0.3, 0.4) is 0 Å². The Morgan fingerprint density at radius 1 is 1.03 bits per heavy atom. The highest BCUT2D eigenvalue weighted by atomic mass is 16.2. The molecule has 1 saturated heterocycles. The summed E-state index contributed by atoms with van der Waals surface area (Å²) in [6.07, 6.45) is 5.82. The SMILES string of the molecule is CC(=O)N1CCN(c2cc(C)c(N(CC3(C)CCC(c4ccccc4)(N(C)C)CC3)C(N)=O)cn2)CC1. The summed E-state index contributed by atoms with van der Waals surface area (Å²) in [4.78, 5) is 37.2. The van der Waals surface area contributed by atoms with E-state index in [1.165, 1.54) is 5.56 Å². The van der Waals surface area contributed by atoms with E-state index >= 15 is 0 Å². The summed E-state index contributed by atoms with van der Waals surface area (Å²) in [6.45, 7) is 9.36. The number of hydrogen-bond donors (Lipinski definition) is 1. The van der Waals surface area contributed by atoms with Crippen LogP contribution in [-0.2, 0) is 10.3 Å². The van der Waals surface area contributed by atoms with Crippen molar-refractivity contribution in [1.29, 1.82) is 0 Å². The first kappa shape index (κ1) is 26.9. The molecule has 3 amide bonds. The molecule has 1 aliphatic carbocycles. The molecule has 0 bridgehead atoms. The summed E-state index contributed by atoms with van der Waals surface area (Å²) in [6, 6.07) is 12.4. The average Bonchev–Trinajstić information content (AvgIpc) is 2.88. The van der Waals surface area contributed by atoms with Crippen LogP contribution in [0.15, 0.2) is 42.6 Å². The van der Waals surface area contributed by atoms with Crippen LogP contribution in [0.25, 0.3) is 0 Å². The van der Waals surface area contributed by atoms with Crippen LogP contribution in [-0.4, -0.2) is 73.5 Å². The van der Waals surface area contributed by atoms with Crippen molar-refractivity contribution < 1.29 is 9.59 Å². The number of nitrogens with zero attached hydrogens (tertiary/aromatic N) is 5. The lowest BCUT2D eigenvalue weighted by molar-refractivity contribution is -0.129. The molecule has 1 aliphatic heterocycles. The van der Waals surface area contributed by atoms with Crippen molar-refractivity contribution >= 4 is 23.4 Å². The Balaban J connectivity index is 1.48. The van der Waals surface area contributed by atoms with Crippen molar-refractivity contribution in [3.8, 4) is 0 Å². The predicted octanol–water partition coefficient (Wildman–Crippen LogP) is 3.98. The van der Waals surface area contributed by atoms with E-state index in [1.807, 2.05) is 17.9 Å². The van der Waals surface area contributed by atoms with Gasteiger partial charge in [0.05, 0.1) is 11.9 Å². The normalized spacial score (nSPS) is 24.3. The van der Waals surface area contributed by atoms with E-state index in [2.05, 4.69) is 61.2 Å². The third kappa shape index (κ3) is 5.59. The van der Waals surface area contributed by atoms with E-state index in [1.54, 1.807) is 18.0 Å². The van der Waals surface area contributed by atoms with Gasteiger partial charge in [0.15, 0.2) is 0 Å². The molecule has 2 aliphatic rings. The van der Waals surface area contributed by atoms with Crippen molar-refractivity contribution in [3.63, 3.8) is 0 Å². The number of pyridine rings is 1. The molecule has 8 heteroatoms. The van der Waals surface area contributed by atoms with Gasteiger partial charge in [0, 0.05) is 45.2 Å². The van der Waals surface area contributed by atoms with Crippen LogP contribution in [0.1, 0.15) is 50.7 Å². The number of carbonyl (C=O) groups is 2. The quantitative estimate of drug-likeness (QED) is 0.641. The molecule has 1 aromatic carbocycles. The molecule has 1 saturated carbocycles. The van der Waals surface area contributed by atoms with E-state index in [0.717, 1.165) is 55.8 Å². The first-order valence-corrected chi connectivity index (χ1v) is 13.3. The lowest BCUT2D eigenvalue weighted by Gasteiger charge is -2.50. The lowest BCUT2D eigenvalue weighted by atomic mass is 9.65. The third-order valence-electron chi connectivity index (χ3n) is 8.67. The highest BCUT2D eigenvalue weighted by Gasteiger charge is 2.44. The number of nitrogens with two attached hydrogens (primary N) is 1. The number of urea groups is 1. The zero-order chi connectivity index (χ0) is 26.8. The van der Waals surface area contributed by atoms with Gasteiger partial charge in [-0.2, -0.15) is 0 Å². The van der Waals surface area contributed by atoms with Crippen molar-refractivity contribution in [2.75, 3.05) is 56.6 Å². The zero-order valence-electron chi connectivity index (χ0n) is 23.0. The molecule has 0 radical (unpaired) electrons. The van der Waals surface area contributed by atoms with Crippen LogP contribution < -0.4 is 15.5 Å². The second-order valence-electron chi connectivity index (χ2n) is 11.3. The number of anilines is 2. The van der Waals surface area contributed by atoms with Crippen LogP contribution >= 0.6 is 0 Å². The number of amides is 3. The van der Waals surface area contributed by atoms with Crippen LogP contribution in [0, 0.1) is 12.3 Å². The fraction of sp³-hybridized carbons (Fsp3) is 0.552. The number of piperazine rings is 1. The van der Waals surface area contributed by atoms with Crippen molar-refractivity contribution in [3.05, 3.63) is 53.7 Å². The number of benzene rings is 1. The maximum absolute atomic E-state index is 12.7. The minimum atomic E-state index is -0.443. The first-order valence-electron chi connectivity index (χ1n) is 13.3. The largest absolute Gasteiger partial charge is 0.353 e. The highest BCUT2D eigenvalue weighted by Crippen LogP contribution is 2.48. The number of rotatable bonds is 6. The maximum atomic E-state index is 12.7.